The molecule has 0 unspecified atom stereocenters. The molecule has 2 amide bonds. The quantitative estimate of drug-likeness (QED) is 0.296. The number of benzene rings is 3. The van der Waals surface area contributed by atoms with E-state index in [0.29, 0.717) is 46.8 Å². The van der Waals surface area contributed by atoms with Crippen LogP contribution in [0.4, 0.5) is 0 Å². The molecule has 1 aliphatic rings. The molecule has 5 rings (SSSR count). The second kappa shape index (κ2) is 12.1. The van der Waals surface area contributed by atoms with E-state index < -0.39 is 6.04 Å². The fraction of sp³-hybridized carbons (Fsp3) is 0.233. The van der Waals surface area contributed by atoms with Crippen LogP contribution in [0.1, 0.15) is 52.5 Å². The molecule has 1 atom stereocenters. The molecule has 10 heteroatoms. The molecule has 1 aliphatic heterocycles. The Labute approximate surface area is 237 Å². The summed E-state index contributed by atoms with van der Waals surface area (Å²) in [6.45, 7) is 4.90. The highest BCUT2D eigenvalue weighted by atomic mass is 35.5. The van der Waals surface area contributed by atoms with E-state index in [4.69, 9.17) is 21.3 Å². The number of nitrogens with one attached hydrogen (secondary N) is 2. The molecule has 9 nitrogen and oxygen atoms in total. The average molecular weight is 557 g/mol. The molecule has 0 aliphatic carbocycles. The van der Waals surface area contributed by atoms with Crippen molar-refractivity contribution >= 4 is 29.1 Å². The van der Waals surface area contributed by atoms with E-state index >= 15 is 0 Å². The fourth-order valence-electron chi connectivity index (χ4n) is 4.61. The van der Waals surface area contributed by atoms with Crippen molar-refractivity contribution < 1.29 is 14.3 Å². The molecule has 204 valence electrons. The van der Waals surface area contributed by atoms with E-state index in [1.54, 1.807) is 12.1 Å². The van der Waals surface area contributed by atoms with Crippen molar-refractivity contribution in [2.75, 3.05) is 19.7 Å². The summed E-state index contributed by atoms with van der Waals surface area (Å²) in [5.74, 6) is 1.61. The Morgan fingerprint density at radius 2 is 1.77 bits per heavy atom. The zero-order chi connectivity index (χ0) is 28.1. The maximum Gasteiger partial charge on any atom is 0.251 e. The zero-order valence-corrected chi connectivity index (χ0v) is 23.0. The number of aryl methyl sites for hydroxylation is 1. The molecule has 2 heterocycles. The third-order valence-electron chi connectivity index (χ3n) is 6.46. The van der Waals surface area contributed by atoms with Gasteiger partial charge in [-0.1, -0.05) is 41.9 Å². The van der Waals surface area contributed by atoms with Crippen molar-refractivity contribution in [3.05, 3.63) is 106 Å². The summed E-state index contributed by atoms with van der Waals surface area (Å²) < 4.78 is 7.97. The first-order valence-corrected chi connectivity index (χ1v) is 13.5. The van der Waals surface area contributed by atoms with E-state index in [-0.39, 0.29) is 24.8 Å². The number of fused-ring (bicyclic) bond motifs is 3. The minimum atomic E-state index is -0.552. The van der Waals surface area contributed by atoms with Crippen LogP contribution in [0.2, 0.25) is 5.02 Å². The molecule has 4 aromatic rings. The fourth-order valence-corrected chi connectivity index (χ4v) is 4.74. The van der Waals surface area contributed by atoms with Crippen LogP contribution in [0.15, 0.2) is 77.8 Å². The van der Waals surface area contributed by atoms with Gasteiger partial charge in [-0.15, -0.1) is 10.2 Å². The summed E-state index contributed by atoms with van der Waals surface area (Å²) in [6.07, 6.45) is 0.127. The van der Waals surface area contributed by atoms with Crippen LogP contribution >= 0.6 is 11.6 Å². The number of halogens is 1. The Hall–Kier alpha value is -4.50. The van der Waals surface area contributed by atoms with Gasteiger partial charge in [-0.3, -0.25) is 19.1 Å². The highest BCUT2D eigenvalue weighted by Gasteiger charge is 2.30. The average Bonchev–Trinajstić information content (AvgIpc) is 3.29. The van der Waals surface area contributed by atoms with Gasteiger partial charge in [-0.2, -0.15) is 0 Å². The number of rotatable bonds is 9. The van der Waals surface area contributed by atoms with E-state index in [1.165, 1.54) is 0 Å². The van der Waals surface area contributed by atoms with Gasteiger partial charge in [0.2, 0.25) is 5.91 Å². The van der Waals surface area contributed by atoms with Gasteiger partial charge < -0.3 is 15.4 Å². The third kappa shape index (κ3) is 5.89. The van der Waals surface area contributed by atoms with Gasteiger partial charge in [0.05, 0.1) is 24.4 Å². The van der Waals surface area contributed by atoms with Gasteiger partial charge in [0.25, 0.3) is 5.91 Å². The summed E-state index contributed by atoms with van der Waals surface area (Å²) in [6, 6.07) is 21.6. The van der Waals surface area contributed by atoms with Crippen LogP contribution in [0.3, 0.4) is 0 Å². The van der Waals surface area contributed by atoms with Crippen molar-refractivity contribution in [1.29, 1.82) is 0 Å². The zero-order valence-electron chi connectivity index (χ0n) is 22.2. The summed E-state index contributed by atoms with van der Waals surface area (Å²) in [4.78, 5) is 30.0. The molecule has 0 radical (unpaired) electrons. The molecule has 0 fully saturated rings. The van der Waals surface area contributed by atoms with Crippen molar-refractivity contribution in [2.24, 2.45) is 4.99 Å². The van der Waals surface area contributed by atoms with Gasteiger partial charge in [-0.05, 0) is 56.3 Å². The number of nitrogens with zero attached hydrogens (tertiary/aromatic N) is 4. The van der Waals surface area contributed by atoms with Crippen LogP contribution in [0.25, 0.3) is 5.69 Å². The smallest absolute Gasteiger partial charge is 0.251 e. The van der Waals surface area contributed by atoms with Gasteiger partial charge in [0.1, 0.15) is 24.2 Å². The van der Waals surface area contributed by atoms with Gasteiger partial charge in [-0.25, -0.2) is 0 Å². The SMILES string of the molecule is CCNC(=O)C[C@@H]1N=C(c2ccc(Cl)cc2)c2cc(OCCNC(=O)c3ccccc3)ccc2-n2c(C)nnc21. The third-order valence-corrected chi connectivity index (χ3v) is 6.71. The molecular weight excluding hydrogens is 528 g/mol. The number of carbonyl (C=O) groups is 2. The summed E-state index contributed by atoms with van der Waals surface area (Å²) in [5.41, 5.74) is 3.76. The van der Waals surface area contributed by atoms with Crippen molar-refractivity contribution in [3.8, 4) is 11.4 Å². The summed E-state index contributed by atoms with van der Waals surface area (Å²) in [5, 5.41) is 15.1. The highest BCUT2D eigenvalue weighted by molar-refractivity contribution is 6.30. The van der Waals surface area contributed by atoms with Crippen LogP contribution in [-0.4, -0.2) is 52.0 Å². The molecular formula is C30H29ClN6O3. The molecule has 1 aromatic heterocycles. The molecule has 0 saturated heterocycles. The Kier molecular flexibility index (Phi) is 8.21. The van der Waals surface area contributed by atoms with Crippen molar-refractivity contribution in [2.45, 2.75) is 26.3 Å². The second-order valence-corrected chi connectivity index (χ2v) is 9.68. The normalized spacial score (nSPS) is 13.9. The molecule has 2 N–H and O–H groups in total. The number of amides is 2. The Balaban J connectivity index is 1.47. The van der Waals surface area contributed by atoms with Crippen LogP contribution in [-0.2, 0) is 4.79 Å². The maximum absolute atomic E-state index is 12.6. The molecule has 0 bridgehead atoms. The van der Waals surface area contributed by atoms with Crippen LogP contribution in [0.5, 0.6) is 5.75 Å². The molecule has 3 aromatic carbocycles. The Morgan fingerprint density at radius 3 is 2.52 bits per heavy atom. The van der Waals surface area contributed by atoms with Crippen LogP contribution in [0, 0.1) is 6.92 Å². The van der Waals surface area contributed by atoms with E-state index in [9.17, 15) is 9.59 Å². The number of hydrogen-bond donors (Lipinski definition) is 2. The Bertz CT molecular complexity index is 1550. The first-order chi connectivity index (χ1) is 19.4. The molecule has 0 spiro atoms. The van der Waals surface area contributed by atoms with E-state index in [1.807, 2.05) is 79.1 Å². The minimum Gasteiger partial charge on any atom is -0.492 e. The number of aliphatic imine (C=N–C) groups is 1. The minimum absolute atomic E-state index is 0.119. The summed E-state index contributed by atoms with van der Waals surface area (Å²) in [7, 11) is 0. The predicted octanol–water partition coefficient (Wildman–Crippen LogP) is 4.46. The largest absolute Gasteiger partial charge is 0.492 e. The topological polar surface area (TPSA) is 110 Å². The van der Waals surface area contributed by atoms with E-state index in [2.05, 4.69) is 20.8 Å². The lowest BCUT2D eigenvalue weighted by molar-refractivity contribution is -0.121. The second-order valence-electron chi connectivity index (χ2n) is 9.25. The monoisotopic (exact) mass is 556 g/mol. The lowest BCUT2D eigenvalue weighted by Gasteiger charge is -2.15. The lowest BCUT2D eigenvalue weighted by Crippen LogP contribution is -2.28. The first kappa shape index (κ1) is 27.1. The van der Waals surface area contributed by atoms with Crippen molar-refractivity contribution in [1.82, 2.24) is 25.4 Å². The van der Waals surface area contributed by atoms with E-state index in [0.717, 1.165) is 16.8 Å². The number of aromatic nitrogens is 3. The highest BCUT2D eigenvalue weighted by Crippen LogP contribution is 2.34. The molecule has 40 heavy (non-hydrogen) atoms. The maximum atomic E-state index is 12.6. The summed E-state index contributed by atoms with van der Waals surface area (Å²) >= 11 is 6.18. The van der Waals surface area contributed by atoms with Gasteiger partial charge in [0, 0.05) is 28.3 Å². The van der Waals surface area contributed by atoms with Gasteiger partial charge in [0.15, 0.2) is 5.82 Å². The molecule has 0 saturated carbocycles. The predicted molar refractivity (Wildman–Crippen MR) is 153 cm³/mol. The standard InChI is InChI=1S/C30H29ClN6O3/c1-3-32-27(38)18-25-29-36-35-19(2)37(29)26-14-13-23(40-16-15-33-30(39)21-7-5-4-6-8-21)17-24(26)28(34-25)20-9-11-22(31)12-10-20/h4-14,17,25H,3,15-16,18H2,1-2H3,(H,32,38)(H,33,39)/t25-/m0/s1. The number of ether oxygens (including phenoxy) is 1. The van der Waals surface area contributed by atoms with Crippen molar-refractivity contribution in [3.63, 3.8) is 0 Å². The Morgan fingerprint density at radius 1 is 1.00 bits per heavy atom. The van der Waals surface area contributed by atoms with Gasteiger partial charge >= 0.3 is 0 Å². The first-order valence-electron chi connectivity index (χ1n) is 13.1. The number of hydrogen-bond acceptors (Lipinski definition) is 6. The lowest BCUT2D eigenvalue weighted by atomic mass is 10.00. The van der Waals surface area contributed by atoms with Crippen LogP contribution < -0.4 is 15.4 Å². The number of carbonyl (C=O) groups excluding carboxylic acids is 2.